The molecule has 3 rings (SSSR count). The van der Waals surface area contributed by atoms with Gasteiger partial charge in [-0.05, 0) is 36.1 Å². The Morgan fingerprint density at radius 3 is 2.68 bits per heavy atom. The van der Waals surface area contributed by atoms with Crippen molar-refractivity contribution in [3.05, 3.63) is 65.2 Å². The molecule has 0 saturated heterocycles. The Labute approximate surface area is 162 Å². The van der Waals surface area contributed by atoms with Gasteiger partial charge in [0.05, 0.1) is 22.3 Å². The van der Waals surface area contributed by atoms with Crippen LogP contribution in [0.1, 0.15) is 17.0 Å². The normalized spacial score (nSPS) is 11.8. The van der Waals surface area contributed by atoms with Gasteiger partial charge in [0.25, 0.3) is 0 Å². The fraction of sp³-hybridized carbons (Fsp3) is 0.263. The van der Waals surface area contributed by atoms with Gasteiger partial charge in [-0.25, -0.2) is 9.37 Å². The second kappa shape index (κ2) is 8.22. The number of benzene rings is 2. The number of alkyl halides is 3. The molecule has 3 aromatic rings. The molecule has 0 fully saturated rings. The van der Waals surface area contributed by atoms with Crippen molar-refractivity contribution in [3.63, 3.8) is 0 Å². The van der Waals surface area contributed by atoms with Crippen LogP contribution in [-0.2, 0) is 29.8 Å². The van der Waals surface area contributed by atoms with E-state index in [0.29, 0.717) is 17.6 Å². The molecule has 148 valence electrons. The highest BCUT2D eigenvalue weighted by molar-refractivity contribution is 7.97. The Morgan fingerprint density at radius 1 is 1.21 bits per heavy atom. The number of halogens is 4. The zero-order chi connectivity index (χ0) is 20.3. The molecule has 1 N–H and O–H groups in total. The largest absolute Gasteiger partial charge is 0.416 e. The Hall–Kier alpha value is -2.55. The van der Waals surface area contributed by atoms with Crippen LogP contribution >= 0.6 is 11.8 Å². The van der Waals surface area contributed by atoms with E-state index < -0.39 is 23.5 Å². The van der Waals surface area contributed by atoms with Gasteiger partial charge < -0.3 is 9.88 Å². The Kier molecular flexibility index (Phi) is 5.93. The number of rotatable bonds is 6. The highest BCUT2D eigenvalue weighted by Gasteiger charge is 2.33. The number of hydrogen-bond donors (Lipinski definition) is 1. The summed E-state index contributed by atoms with van der Waals surface area (Å²) in [5, 5.41) is 2.49. The van der Waals surface area contributed by atoms with Gasteiger partial charge in [-0.2, -0.15) is 24.9 Å². The Balaban J connectivity index is 1.77. The lowest BCUT2D eigenvalue weighted by Crippen LogP contribution is -2.28. The fourth-order valence-electron chi connectivity index (χ4n) is 2.90. The van der Waals surface area contributed by atoms with Gasteiger partial charge in [-0.3, -0.25) is 4.79 Å². The number of thioether (sulfide) groups is 1. The van der Waals surface area contributed by atoms with E-state index in [-0.39, 0.29) is 18.7 Å². The quantitative estimate of drug-likeness (QED) is 0.613. The lowest BCUT2D eigenvalue weighted by atomic mass is 10.1. The summed E-state index contributed by atoms with van der Waals surface area (Å²) in [5.41, 5.74) is 0.239. The summed E-state index contributed by atoms with van der Waals surface area (Å²) in [6.45, 7) is -0.419. The van der Waals surface area contributed by atoms with Crippen molar-refractivity contribution in [3.8, 4) is 0 Å². The zero-order valence-electron chi connectivity index (χ0n) is 14.9. The first-order valence-corrected chi connectivity index (χ1v) is 9.74. The SMILES string of the molecule is CSCc1nc2ccccc2n1CC(=O)NCc1ccc(F)cc1C(F)(F)F. The molecule has 0 bridgehead atoms. The molecule has 0 aliphatic heterocycles. The van der Waals surface area contributed by atoms with E-state index >= 15 is 0 Å². The van der Waals surface area contributed by atoms with Crippen LogP contribution in [0.2, 0.25) is 0 Å². The van der Waals surface area contributed by atoms with Crippen LogP contribution in [0.15, 0.2) is 42.5 Å². The van der Waals surface area contributed by atoms with Crippen molar-refractivity contribution in [2.75, 3.05) is 6.26 Å². The fourth-order valence-corrected chi connectivity index (χ4v) is 3.38. The molecule has 0 aliphatic carbocycles. The lowest BCUT2D eigenvalue weighted by Gasteiger charge is -2.14. The molecule has 0 spiro atoms. The maximum absolute atomic E-state index is 13.2. The standard InChI is InChI=1S/C19H17F4N3OS/c1-28-11-17-25-15-4-2-3-5-16(15)26(17)10-18(27)24-9-12-6-7-13(20)8-14(12)19(21,22)23/h2-8H,9-11H2,1H3,(H,24,27). The number of para-hydroxylation sites is 2. The monoisotopic (exact) mass is 411 g/mol. The van der Waals surface area contributed by atoms with Gasteiger partial charge in [-0.15, -0.1) is 0 Å². The third-order valence-corrected chi connectivity index (χ3v) is 4.71. The molecule has 9 heteroatoms. The molecule has 1 heterocycles. The number of carbonyl (C=O) groups excluding carboxylic acids is 1. The molecule has 4 nitrogen and oxygen atoms in total. The maximum Gasteiger partial charge on any atom is 0.416 e. The summed E-state index contributed by atoms with van der Waals surface area (Å²) in [6, 6.07) is 9.75. The molecule has 0 radical (unpaired) electrons. The van der Waals surface area contributed by atoms with Crippen molar-refractivity contribution >= 4 is 28.7 Å². The van der Waals surface area contributed by atoms with Crippen molar-refractivity contribution in [2.45, 2.75) is 25.0 Å². The van der Waals surface area contributed by atoms with E-state index in [0.717, 1.165) is 23.2 Å². The van der Waals surface area contributed by atoms with E-state index in [4.69, 9.17) is 0 Å². The Bertz CT molecular complexity index is 1000. The van der Waals surface area contributed by atoms with E-state index in [1.807, 2.05) is 30.5 Å². The predicted octanol–water partition coefficient (Wildman–Crippen LogP) is 4.37. The van der Waals surface area contributed by atoms with Crippen LogP contribution in [0.3, 0.4) is 0 Å². The van der Waals surface area contributed by atoms with Gasteiger partial charge in [0.1, 0.15) is 18.2 Å². The number of hydrogen-bond acceptors (Lipinski definition) is 3. The van der Waals surface area contributed by atoms with Crippen molar-refractivity contribution in [2.24, 2.45) is 0 Å². The first-order valence-electron chi connectivity index (χ1n) is 8.35. The van der Waals surface area contributed by atoms with Crippen LogP contribution in [0, 0.1) is 5.82 Å². The highest BCUT2D eigenvalue weighted by atomic mass is 32.2. The topological polar surface area (TPSA) is 46.9 Å². The summed E-state index contributed by atoms with van der Waals surface area (Å²) in [7, 11) is 0. The van der Waals surface area contributed by atoms with Gasteiger partial charge in [0.2, 0.25) is 5.91 Å². The highest BCUT2D eigenvalue weighted by Crippen LogP contribution is 2.32. The van der Waals surface area contributed by atoms with Gasteiger partial charge in [0, 0.05) is 6.54 Å². The molecule has 1 aromatic heterocycles. The molecular formula is C19H17F4N3OS. The summed E-state index contributed by atoms with van der Waals surface area (Å²) in [4.78, 5) is 16.9. The number of nitrogens with one attached hydrogen (secondary N) is 1. The number of carbonyl (C=O) groups is 1. The predicted molar refractivity (Wildman–Crippen MR) is 100 cm³/mol. The third kappa shape index (κ3) is 4.46. The molecule has 0 saturated carbocycles. The number of amides is 1. The maximum atomic E-state index is 13.2. The molecule has 0 atom stereocenters. The van der Waals surface area contributed by atoms with E-state index in [2.05, 4.69) is 10.3 Å². The average molecular weight is 411 g/mol. The van der Waals surface area contributed by atoms with E-state index in [1.165, 1.54) is 0 Å². The number of nitrogens with zero attached hydrogens (tertiary/aromatic N) is 2. The zero-order valence-corrected chi connectivity index (χ0v) is 15.7. The summed E-state index contributed by atoms with van der Waals surface area (Å²) < 4.78 is 54.2. The smallest absolute Gasteiger partial charge is 0.350 e. The summed E-state index contributed by atoms with van der Waals surface area (Å²) >= 11 is 1.55. The van der Waals surface area contributed by atoms with Crippen LogP contribution < -0.4 is 5.32 Å². The second-order valence-corrected chi connectivity index (χ2v) is 6.98. The molecule has 0 unspecified atom stereocenters. The van der Waals surface area contributed by atoms with E-state index in [1.54, 1.807) is 16.3 Å². The lowest BCUT2D eigenvalue weighted by molar-refractivity contribution is -0.138. The number of aromatic nitrogens is 2. The van der Waals surface area contributed by atoms with Crippen molar-refractivity contribution in [1.29, 1.82) is 0 Å². The van der Waals surface area contributed by atoms with Crippen LogP contribution in [0.5, 0.6) is 0 Å². The van der Waals surface area contributed by atoms with E-state index in [9.17, 15) is 22.4 Å². The van der Waals surface area contributed by atoms with Gasteiger partial charge in [-0.1, -0.05) is 18.2 Å². The van der Waals surface area contributed by atoms with Crippen LogP contribution in [0.4, 0.5) is 17.6 Å². The van der Waals surface area contributed by atoms with Crippen LogP contribution in [0.25, 0.3) is 11.0 Å². The first-order chi connectivity index (χ1) is 13.3. The minimum absolute atomic E-state index is 0.0705. The second-order valence-electron chi connectivity index (χ2n) is 6.11. The first kappa shape index (κ1) is 20.2. The number of imidazole rings is 1. The minimum atomic E-state index is -4.70. The number of fused-ring (bicyclic) bond motifs is 1. The van der Waals surface area contributed by atoms with Crippen molar-refractivity contribution in [1.82, 2.24) is 14.9 Å². The van der Waals surface area contributed by atoms with Gasteiger partial charge in [0.15, 0.2) is 0 Å². The third-order valence-electron chi connectivity index (χ3n) is 4.16. The molecule has 1 amide bonds. The molecule has 28 heavy (non-hydrogen) atoms. The molecule has 2 aromatic carbocycles. The molecule has 0 aliphatic rings. The average Bonchev–Trinajstić information content (AvgIpc) is 2.97. The Morgan fingerprint density at radius 2 is 1.96 bits per heavy atom. The summed E-state index contributed by atoms with van der Waals surface area (Å²) in [6.07, 6.45) is -2.79. The molecular weight excluding hydrogens is 394 g/mol. The minimum Gasteiger partial charge on any atom is -0.350 e. The van der Waals surface area contributed by atoms with Gasteiger partial charge >= 0.3 is 6.18 Å². The summed E-state index contributed by atoms with van der Waals surface area (Å²) in [5.74, 6) is -0.128. The van der Waals surface area contributed by atoms with Crippen LogP contribution in [-0.4, -0.2) is 21.7 Å². The van der Waals surface area contributed by atoms with Crippen molar-refractivity contribution < 1.29 is 22.4 Å².